The van der Waals surface area contributed by atoms with E-state index in [0.29, 0.717) is 29.4 Å². The summed E-state index contributed by atoms with van der Waals surface area (Å²) in [6.45, 7) is 3.78. The zero-order valence-corrected chi connectivity index (χ0v) is 19.8. The number of nitrogens with one attached hydrogen (secondary N) is 1. The summed E-state index contributed by atoms with van der Waals surface area (Å²) < 4.78 is 38.1. The number of likely N-dealkylation sites (N-methyl/N-ethyl adjacent to an activating group) is 1. The largest absolute Gasteiger partial charge is 0.496 e. The number of hydrogen-bond acceptors (Lipinski definition) is 5. The lowest BCUT2D eigenvalue weighted by atomic mass is 10.2. The Morgan fingerprint density at radius 3 is 2.30 bits per heavy atom. The van der Waals surface area contributed by atoms with Gasteiger partial charge in [0.15, 0.2) is 0 Å². The van der Waals surface area contributed by atoms with E-state index in [0.717, 1.165) is 9.87 Å². The Kier molecular flexibility index (Phi) is 8.08. The van der Waals surface area contributed by atoms with Crippen molar-refractivity contribution in [2.24, 2.45) is 0 Å². The van der Waals surface area contributed by atoms with E-state index < -0.39 is 15.9 Å². The van der Waals surface area contributed by atoms with Gasteiger partial charge in [0.2, 0.25) is 15.9 Å². The molecule has 1 amide bonds. The van der Waals surface area contributed by atoms with Gasteiger partial charge in [0.1, 0.15) is 18.1 Å². The molecule has 7 nitrogen and oxygen atoms in total. The predicted octanol–water partition coefficient (Wildman–Crippen LogP) is 4.23. The predicted molar refractivity (Wildman–Crippen MR) is 128 cm³/mol. The molecule has 0 atom stereocenters. The van der Waals surface area contributed by atoms with Crippen molar-refractivity contribution < 1.29 is 22.7 Å². The maximum absolute atomic E-state index is 13.0. The van der Waals surface area contributed by atoms with E-state index >= 15 is 0 Å². The molecule has 0 aromatic heterocycles. The van der Waals surface area contributed by atoms with Crippen LogP contribution in [0.15, 0.2) is 77.7 Å². The number of sulfonamides is 1. The highest BCUT2D eigenvalue weighted by Gasteiger charge is 2.26. The molecule has 0 saturated carbocycles. The van der Waals surface area contributed by atoms with E-state index in [-0.39, 0.29) is 18.0 Å². The van der Waals surface area contributed by atoms with Gasteiger partial charge >= 0.3 is 0 Å². The Balaban J connectivity index is 1.60. The van der Waals surface area contributed by atoms with Crippen LogP contribution in [0.2, 0.25) is 0 Å². The molecule has 0 bridgehead atoms. The number of rotatable bonds is 10. The minimum Gasteiger partial charge on any atom is -0.496 e. The lowest BCUT2D eigenvalue weighted by Gasteiger charge is -2.20. The number of methoxy groups -OCH3 is 1. The first-order valence-electron chi connectivity index (χ1n) is 10.5. The van der Waals surface area contributed by atoms with Crippen LogP contribution in [0, 0.1) is 6.92 Å². The van der Waals surface area contributed by atoms with Gasteiger partial charge in [0.25, 0.3) is 0 Å². The van der Waals surface area contributed by atoms with E-state index in [9.17, 15) is 13.2 Å². The van der Waals surface area contributed by atoms with Crippen molar-refractivity contribution in [1.82, 2.24) is 4.31 Å². The van der Waals surface area contributed by atoms with E-state index in [1.54, 1.807) is 50.2 Å². The standard InChI is InChI=1S/C25H28N2O5S/c1-4-27(33(29,30)23-14-15-24(31-3)19(2)16-23)17-25(28)26-21-10-12-22(13-11-21)32-18-20-8-6-5-7-9-20/h5-16H,4,17-18H2,1-3H3,(H,26,28). The fourth-order valence-corrected chi connectivity index (χ4v) is 4.75. The Morgan fingerprint density at radius 2 is 1.70 bits per heavy atom. The van der Waals surface area contributed by atoms with E-state index in [4.69, 9.17) is 9.47 Å². The van der Waals surface area contributed by atoms with Crippen LogP contribution in [-0.2, 0) is 21.4 Å². The normalized spacial score (nSPS) is 11.3. The summed E-state index contributed by atoms with van der Waals surface area (Å²) >= 11 is 0. The minimum absolute atomic E-state index is 0.121. The number of aryl methyl sites for hydroxylation is 1. The summed E-state index contributed by atoms with van der Waals surface area (Å²) in [6.07, 6.45) is 0. The molecule has 0 spiro atoms. The smallest absolute Gasteiger partial charge is 0.243 e. The second-order valence-corrected chi connectivity index (χ2v) is 9.35. The van der Waals surface area contributed by atoms with Gasteiger partial charge in [-0.25, -0.2) is 8.42 Å². The van der Waals surface area contributed by atoms with E-state index in [1.807, 2.05) is 30.3 Å². The molecule has 3 rings (SSSR count). The van der Waals surface area contributed by atoms with E-state index in [1.165, 1.54) is 13.2 Å². The fourth-order valence-electron chi connectivity index (χ4n) is 3.26. The lowest BCUT2D eigenvalue weighted by Crippen LogP contribution is -2.37. The molecule has 33 heavy (non-hydrogen) atoms. The molecule has 0 radical (unpaired) electrons. The average Bonchev–Trinajstić information content (AvgIpc) is 2.82. The first-order chi connectivity index (χ1) is 15.8. The number of anilines is 1. The van der Waals surface area contributed by atoms with Gasteiger partial charge in [-0.2, -0.15) is 4.31 Å². The van der Waals surface area contributed by atoms with Crippen molar-refractivity contribution in [2.45, 2.75) is 25.3 Å². The molecule has 0 fully saturated rings. The number of nitrogens with zero attached hydrogens (tertiary/aromatic N) is 1. The van der Waals surface area contributed by atoms with Crippen molar-refractivity contribution in [2.75, 3.05) is 25.5 Å². The molecule has 8 heteroatoms. The molecule has 0 unspecified atom stereocenters. The second kappa shape index (κ2) is 11.0. The Bertz CT molecular complexity index is 1180. The van der Waals surface area contributed by atoms with Crippen LogP contribution in [0.4, 0.5) is 5.69 Å². The third kappa shape index (κ3) is 6.34. The maximum atomic E-state index is 13.0. The molecule has 1 N–H and O–H groups in total. The average molecular weight is 469 g/mol. The monoisotopic (exact) mass is 468 g/mol. The van der Waals surface area contributed by atoms with Gasteiger partial charge in [-0.05, 0) is 60.5 Å². The van der Waals surface area contributed by atoms with Gasteiger partial charge in [-0.3, -0.25) is 4.79 Å². The number of amides is 1. The SMILES string of the molecule is CCN(CC(=O)Nc1ccc(OCc2ccccc2)cc1)S(=O)(=O)c1ccc(OC)c(C)c1. The van der Waals surface area contributed by atoms with Crippen LogP contribution < -0.4 is 14.8 Å². The molecule has 0 aliphatic heterocycles. The summed E-state index contributed by atoms with van der Waals surface area (Å²) in [5.74, 6) is 0.846. The van der Waals surface area contributed by atoms with Crippen molar-refractivity contribution in [3.63, 3.8) is 0 Å². The number of benzene rings is 3. The Morgan fingerprint density at radius 1 is 1.00 bits per heavy atom. The van der Waals surface area contributed by atoms with Gasteiger partial charge in [-0.1, -0.05) is 37.3 Å². The molecule has 0 saturated heterocycles. The zero-order valence-electron chi connectivity index (χ0n) is 18.9. The minimum atomic E-state index is -3.83. The van der Waals surface area contributed by atoms with Crippen LogP contribution in [0.3, 0.4) is 0 Å². The van der Waals surface area contributed by atoms with Crippen molar-refractivity contribution in [3.05, 3.63) is 83.9 Å². The molecule has 3 aromatic rings. The van der Waals surface area contributed by atoms with Crippen molar-refractivity contribution >= 4 is 21.6 Å². The molecule has 3 aromatic carbocycles. The van der Waals surface area contributed by atoms with Crippen molar-refractivity contribution in [1.29, 1.82) is 0 Å². The van der Waals surface area contributed by atoms with Gasteiger partial charge in [0.05, 0.1) is 18.6 Å². The van der Waals surface area contributed by atoms with Crippen LogP contribution >= 0.6 is 0 Å². The maximum Gasteiger partial charge on any atom is 0.243 e. The van der Waals surface area contributed by atoms with Crippen LogP contribution in [0.5, 0.6) is 11.5 Å². The summed E-state index contributed by atoms with van der Waals surface area (Å²) in [6, 6.07) is 21.4. The number of hydrogen-bond donors (Lipinski definition) is 1. The summed E-state index contributed by atoms with van der Waals surface area (Å²) in [7, 11) is -2.30. The third-order valence-corrected chi connectivity index (χ3v) is 6.98. The summed E-state index contributed by atoms with van der Waals surface area (Å²) in [5.41, 5.74) is 2.32. The van der Waals surface area contributed by atoms with Gasteiger partial charge in [-0.15, -0.1) is 0 Å². The van der Waals surface area contributed by atoms with Crippen LogP contribution in [-0.4, -0.2) is 38.8 Å². The third-order valence-electron chi connectivity index (χ3n) is 5.06. The first-order valence-corrected chi connectivity index (χ1v) is 12.0. The quantitative estimate of drug-likeness (QED) is 0.481. The van der Waals surface area contributed by atoms with Crippen LogP contribution in [0.25, 0.3) is 0 Å². The number of carbonyl (C=O) groups is 1. The van der Waals surface area contributed by atoms with Crippen LogP contribution in [0.1, 0.15) is 18.1 Å². The Labute approximate surface area is 195 Å². The molecule has 0 aliphatic rings. The lowest BCUT2D eigenvalue weighted by molar-refractivity contribution is -0.116. The van der Waals surface area contributed by atoms with Gasteiger partial charge in [0, 0.05) is 12.2 Å². The van der Waals surface area contributed by atoms with Gasteiger partial charge < -0.3 is 14.8 Å². The second-order valence-electron chi connectivity index (χ2n) is 7.41. The molecule has 174 valence electrons. The summed E-state index contributed by atoms with van der Waals surface area (Å²) in [4.78, 5) is 12.7. The highest BCUT2D eigenvalue weighted by molar-refractivity contribution is 7.89. The van der Waals surface area contributed by atoms with Crippen molar-refractivity contribution in [3.8, 4) is 11.5 Å². The molecular weight excluding hydrogens is 440 g/mol. The molecule has 0 aliphatic carbocycles. The number of carbonyl (C=O) groups excluding carboxylic acids is 1. The zero-order chi connectivity index (χ0) is 23.8. The van der Waals surface area contributed by atoms with E-state index in [2.05, 4.69) is 5.32 Å². The highest BCUT2D eigenvalue weighted by atomic mass is 32.2. The first kappa shape index (κ1) is 24.3. The number of ether oxygens (including phenoxy) is 2. The molecule has 0 heterocycles. The topological polar surface area (TPSA) is 84.9 Å². The molecular formula is C25H28N2O5S. The Hall–Kier alpha value is -3.36. The summed E-state index contributed by atoms with van der Waals surface area (Å²) in [5, 5.41) is 2.74. The highest BCUT2D eigenvalue weighted by Crippen LogP contribution is 2.24. The fraction of sp³-hybridized carbons (Fsp3) is 0.240.